The standard InChI is InChI=1S/C15H19FN2O4S/c1-15(2,3)22-14(19)18-9-5-4-6-11-7-8-12(10-13(11)16)23(17,20)21/h7-8,10H,5,9H2,1-3H3,(H,18,19)(H2,17,20,21). The smallest absolute Gasteiger partial charge is 0.407 e. The first-order chi connectivity index (χ1) is 10.5. The van der Waals surface area contributed by atoms with Gasteiger partial charge in [-0.05, 0) is 39.0 Å². The van der Waals surface area contributed by atoms with E-state index in [1.165, 1.54) is 12.1 Å². The minimum atomic E-state index is -3.95. The molecule has 0 aliphatic heterocycles. The zero-order valence-electron chi connectivity index (χ0n) is 13.1. The van der Waals surface area contributed by atoms with Crippen LogP contribution in [0.5, 0.6) is 0 Å². The Morgan fingerprint density at radius 3 is 2.57 bits per heavy atom. The summed E-state index contributed by atoms with van der Waals surface area (Å²) < 4.78 is 40.9. The lowest BCUT2D eigenvalue weighted by molar-refractivity contribution is 0.0529. The Morgan fingerprint density at radius 1 is 1.39 bits per heavy atom. The number of benzene rings is 1. The molecular weight excluding hydrogens is 323 g/mol. The molecule has 1 aromatic carbocycles. The van der Waals surface area contributed by atoms with E-state index in [0.717, 1.165) is 6.07 Å². The van der Waals surface area contributed by atoms with Crippen LogP contribution in [0.4, 0.5) is 9.18 Å². The Balaban J connectivity index is 2.56. The molecule has 1 aromatic rings. The van der Waals surface area contributed by atoms with Gasteiger partial charge in [0.05, 0.1) is 10.5 Å². The number of rotatable bonds is 3. The first-order valence-corrected chi connectivity index (χ1v) is 8.32. The number of nitrogens with two attached hydrogens (primary N) is 1. The summed E-state index contributed by atoms with van der Waals surface area (Å²) >= 11 is 0. The summed E-state index contributed by atoms with van der Waals surface area (Å²) in [5.74, 6) is 4.46. The number of carbonyl (C=O) groups excluding carboxylic acids is 1. The van der Waals surface area contributed by atoms with Gasteiger partial charge in [0, 0.05) is 13.0 Å². The van der Waals surface area contributed by atoms with E-state index in [0.29, 0.717) is 0 Å². The number of carbonyl (C=O) groups is 1. The van der Waals surface area contributed by atoms with Crippen LogP contribution in [0.3, 0.4) is 0 Å². The molecule has 0 atom stereocenters. The summed E-state index contributed by atoms with van der Waals surface area (Å²) in [6.07, 6.45) is -0.265. The Morgan fingerprint density at radius 2 is 2.04 bits per heavy atom. The number of ether oxygens (including phenoxy) is 1. The quantitative estimate of drug-likeness (QED) is 0.646. The van der Waals surface area contributed by atoms with Gasteiger partial charge in [0.1, 0.15) is 11.4 Å². The monoisotopic (exact) mass is 342 g/mol. The van der Waals surface area contributed by atoms with E-state index >= 15 is 0 Å². The Hall–Kier alpha value is -2.11. The number of nitrogens with one attached hydrogen (secondary N) is 1. The zero-order valence-corrected chi connectivity index (χ0v) is 14.0. The van der Waals surface area contributed by atoms with Gasteiger partial charge in [-0.1, -0.05) is 11.8 Å². The van der Waals surface area contributed by atoms with E-state index in [4.69, 9.17) is 9.88 Å². The van der Waals surface area contributed by atoms with Crippen molar-refractivity contribution in [3.8, 4) is 11.8 Å². The molecule has 0 fully saturated rings. The topological polar surface area (TPSA) is 98.5 Å². The van der Waals surface area contributed by atoms with Gasteiger partial charge in [0.15, 0.2) is 0 Å². The van der Waals surface area contributed by atoms with Crippen LogP contribution in [0.1, 0.15) is 32.8 Å². The minimum Gasteiger partial charge on any atom is -0.444 e. The van der Waals surface area contributed by atoms with E-state index in [2.05, 4.69) is 17.2 Å². The second-order valence-corrected chi connectivity index (χ2v) is 7.23. The van der Waals surface area contributed by atoms with E-state index in [-0.39, 0.29) is 23.4 Å². The van der Waals surface area contributed by atoms with E-state index in [1.807, 2.05) is 0 Å². The summed E-state index contributed by atoms with van der Waals surface area (Å²) in [6, 6.07) is 3.24. The number of hydrogen-bond acceptors (Lipinski definition) is 4. The van der Waals surface area contributed by atoms with Crippen LogP contribution in [-0.4, -0.2) is 26.7 Å². The van der Waals surface area contributed by atoms with Crippen LogP contribution >= 0.6 is 0 Å². The van der Waals surface area contributed by atoms with E-state index in [1.54, 1.807) is 20.8 Å². The zero-order chi connectivity index (χ0) is 17.7. The highest BCUT2D eigenvalue weighted by molar-refractivity contribution is 7.89. The van der Waals surface area contributed by atoms with Crippen molar-refractivity contribution in [1.29, 1.82) is 0 Å². The molecule has 0 aliphatic carbocycles. The first kappa shape index (κ1) is 18.9. The number of primary sulfonamides is 1. The van der Waals surface area contributed by atoms with Crippen molar-refractivity contribution in [3.63, 3.8) is 0 Å². The van der Waals surface area contributed by atoms with Crippen molar-refractivity contribution in [2.75, 3.05) is 6.54 Å². The van der Waals surface area contributed by atoms with Gasteiger partial charge in [-0.15, -0.1) is 0 Å². The van der Waals surface area contributed by atoms with Crippen molar-refractivity contribution in [1.82, 2.24) is 5.32 Å². The highest BCUT2D eigenvalue weighted by Gasteiger charge is 2.15. The molecule has 0 saturated heterocycles. The normalized spacial score (nSPS) is 11.3. The number of amides is 1. The van der Waals surface area contributed by atoms with E-state index in [9.17, 15) is 17.6 Å². The van der Waals surface area contributed by atoms with Crippen molar-refractivity contribution >= 4 is 16.1 Å². The lowest BCUT2D eigenvalue weighted by Crippen LogP contribution is -2.32. The summed E-state index contributed by atoms with van der Waals surface area (Å²) in [4.78, 5) is 11.1. The molecule has 8 heteroatoms. The largest absolute Gasteiger partial charge is 0.444 e. The molecule has 6 nitrogen and oxygen atoms in total. The minimum absolute atomic E-state index is 0.0506. The Bertz CT molecular complexity index is 743. The molecule has 0 bridgehead atoms. The second-order valence-electron chi connectivity index (χ2n) is 5.67. The highest BCUT2D eigenvalue weighted by atomic mass is 32.2. The summed E-state index contributed by atoms with van der Waals surface area (Å²) in [5, 5.41) is 7.42. The maximum absolute atomic E-state index is 13.7. The molecule has 1 rings (SSSR count). The molecule has 0 aromatic heterocycles. The van der Waals surface area contributed by atoms with Crippen molar-refractivity contribution in [2.24, 2.45) is 5.14 Å². The molecule has 0 unspecified atom stereocenters. The van der Waals surface area contributed by atoms with Gasteiger partial charge in [0.2, 0.25) is 10.0 Å². The average Bonchev–Trinajstić information content (AvgIpc) is 2.36. The maximum Gasteiger partial charge on any atom is 0.407 e. The summed E-state index contributed by atoms with van der Waals surface area (Å²) in [7, 11) is -3.95. The fraction of sp³-hybridized carbons (Fsp3) is 0.400. The fourth-order valence-electron chi connectivity index (χ4n) is 1.47. The molecule has 0 radical (unpaired) electrons. The third-order valence-corrected chi connectivity index (χ3v) is 3.32. The molecule has 3 N–H and O–H groups in total. The maximum atomic E-state index is 13.7. The van der Waals surface area contributed by atoms with Gasteiger partial charge >= 0.3 is 6.09 Å². The first-order valence-electron chi connectivity index (χ1n) is 6.77. The number of halogens is 1. The fourth-order valence-corrected chi connectivity index (χ4v) is 2.00. The number of alkyl carbamates (subject to hydrolysis) is 1. The van der Waals surface area contributed by atoms with Crippen LogP contribution in [-0.2, 0) is 14.8 Å². The molecule has 0 saturated carbocycles. The van der Waals surface area contributed by atoms with Gasteiger partial charge in [0.25, 0.3) is 0 Å². The van der Waals surface area contributed by atoms with Crippen molar-refractivity contribution in [2.45, 2.75) is 37.7 Å². The van der Waals surface area contributed by atoms with Crippen LogP contribution in [0.15, 0.2) is 23.1 Å². The van der Waals surface area contributed by atoms with Gasteiger partial charge in [-0.3, -0.25) is 0 Å². The van der Waals surface area contributed by atoms with Gasteiger partial charge < -0.3 is 10.1 Å². The summed E-state index contributed by atoms with van der Waals surface area (Å²) in [5.41, 5.74) is -0.529. The predicted octanol–water partition coefficient (Wildman–Crippen LogP) is 1.74. The molecule has 23 heavy (non-hydrogen) atoms. The van der Waals surface area contributed by atoms with Gasteiger partial charge in [-0.2, -0.15) is 0 Å². The van der Waals surface area contributed by atoms with Crippen molar-refractivity contribution in [3.05, 3.63) is 29.6 Å². The summed E-state index contributed by atoms with van der Waals surface area (Å²) in [6.45, 7) is 5.50. The molecule has 0 spiro atoms. The van der Waals surface area contributed by atoms with Crippen LogP contribution < -0.4 is 10.5 Å². The highest BCUT2D eigenvalue weighted by Crippen LogP contribution is 2.12. The average molecular weight is 342 g/mol. The van der Waals surface area contributed by atoms with Crippen LogP contribution in [0.25, 0.3) is 0 Å². The predicted molar refractivity (Wildman–Crippen MR) is 83.5 cm³/mol. The lowest BCUT2D eigenvalue weighted by atomic mass is 10.2. The van der Waals surface area contributed by atoms with Gasteiger partial charge in [-0.25, -0.2) is 22.7 Å². The molecule has 0 aliphatic rings. The third kappa shape index (κ3) is 7.13. The van der Waals surface area contributed by atoms with Crippen LogP contribution in [0.2, 0.25) is 0 Å². The Kier molecular flexibility index (Phi) is 6.12. The third-order valence-electron chi connectivity index (χ3n) is 2.41. The molecule has 1 amide bonds. The Labute approximate surface area is 135 Å². The van der Waals surface area contributed by atoms with Crippen LogP contribution in [0, 0.1) is 17.7 Å². The number of hydrogen-bond donors (Lipinski definition) is 2. The van der Waals surface area contributed by atoms with Crippen molar-refractivity contribution < 1.29 is 22.3 Å². The lowest BCUT2D eigenvalue weighted by Gasteiger charge is -2.19. The molecule has 0 heterocycles. The SMILES string of the molecule is CC(C)(C)OC(=O)NCCC#Cc1ccc(S(N)(=O)=O)cc1F. The number of sulfonamides is 1. The van der Waals surface area contributed by atoms with E-state index < -0.39 is 27.5 Å². The molecule has 126 valence electrons. The molecular formula is C15H19FN2O4S. The second kappa shape index (κ2) is 7.44.